The molecule has 0 spiro atoms. The molecule has 22 heavy (non-hydrogen) atoms. The quantitative estimate of drug-likeness (QED) is 0.931. The third kappa shape index (κ3) is 3.02. The van der Waals surface area contributed by atoms with Crippen LogP contribution in [0.4, 0.5) is 4.39 Å². The normalized spacial score (nSPS) is 25.1. The number of halogens is 1. The average Bonchev–Trinajstić information content (AvgIpc) is 2.99. The van der Waals surface area contributed by atoms with Crippen molar-refractivity contribution in [2.75, 3.05) is 20.1 Å². The van der Waals surface area contributed by atoms with Gasteiger partial charge in [-0.05, 0) is 57.0 Å². The first kappa shape index (κ1) is 15.5. The number of likely N-dealkylation sites (N-methyl/N-ethyl adjacent to an activating group) is 1. The van der Waals surface area contributed by atoms with Crippen molar-refractivity contribution in [3.63, 3.8) is 0 Å². The molecule has 2 fully saturated rings. The van der Waals surface area contributed by atoms with Crippen LogP contribution in [0.1, 0.15) is 44.1 Å². The summed E-state index contributed by atoms with van der Waals surface area (Å²) >= 11 is 0. The molecule has 1 N–H and O–H groups in total. The summed E-state index contributed by atoms with van der Waals surface area (Å²) in [4.78, 5) is 15.3. The van der Waals surface area contributed by atoms with Crippen LogP contribution in [0.3, 0.4) is 0 Å². The van der Waals surface area contributed by atoms with Gasteiger partial charge in [-0.15, -0.1) is 0 Å². The number of nitrogens with one attached hydrogen (secondary N) is 1. The van der Waals surface area contributed by atoms with E-state index in [0.29, 0.717) is 0 Å². The molecule has 1 unspecified atom stereocenters. The smallest absolute Gasteiger partial charge is 0.230 e. The molecule has 1 saturated carbocycles. The van der Waals surface area contributed by atoms with Crippen molar-refractivity contribution < 1.29 is 9.18 Å². The number of piperidine rings is 1. The van der Waals surface area contributed by atoms with Crippen molar-refractivity contribution in [3.8, 4) is 0 Å². The van der Waals surface area contributed by atoms with Crippen LogP contribution < -0.4 is 5.32 Å². The van der Waals surface area contributed by atoms with E-state index >= 15 is 0 Å². The van der Waals surface area contributed by atoms with Gasteiger partial charge in [0.05, 0.1) is 5.41 Å². The first-order valence-electron chi connectivity index (χ1n) is 8.36. The molecule has 1 aromatic carbocycles. The van der Waals surface area contributed by atoms with E-state index in [2.05, 4.69) is 17.3 Å². The molecule has 2 aliphatic rings. The Hall–Kier alpha value is -1.42. The van der Waals surface area contributed by atoms with Gasteiger partial charge in [0.2, 0.25) is 5.91 Å². The predicted molar refractivity (Wildman–Crippen MR) is 85.2 cm³/mol. The maximum Gasteiger partial charge on any atom is 0.230 e. The zero-order chi connectivity index (χ0) is 15.6. The Morgan fingerprint density at radius 2 is 1.91 bits per heavy atom. The minimum atomic E-state index is -0.455. The number of hydrogen-bond donors (Lipinski definition) is 1. The third-order valence-corrected chi connectivity index (χ3v) is 5.25. The Balaban J connectivity index is 1.78. The van der Waals surface area contributed by atoms with Crippen molar-refractivity contribution in [1.29, 1.82) is 0 Å². The maximum absolute atomic E-state index is 13.2. The number of nitrogens with zero attached hydrogens (tertiary/aromatic N) is 1. The monoisotopic (exact) mass is 304 g/mol. The molecular weight excluding hydrogens is 279 g/mol. The van der Waals surface area contributed by atoms with Gasteiger partial charge in [-0.1, -0.05) is 25.0 Å². The number of rotatable bonds is 3. The third-order valence-electron chi connectivity index (χ3n) is 5.25. The molecule has 0 aromatic heterocycles. The van der Waals surface area contributed by atoms with Gasteiger partial charge in [0, 0.05) is 12.6 Å². The van der Waals surface area contributed by atoms with Gasteiger partial charge in [-0.2, -0.15) is 0 Å². The van der Waals surface area contributed by atoms with E-state index < -0.39 is 5.41 Å². The van der Waals surface area contributed by atoms with Crippen LogP contribution in [0.15, 0.2) is 24.3 Å². The highest BCUT2D eigenvalue weighted by atomic mass is 19.1. The van der Waals surface area contributed by atoms with Crippen molar-refractivity contribution in [1.82, 2.24) is 10.2 Å². The van der Waals surface area contributed by atoms with Gasteiger partial charge in [0.25, 0.3) is 0 Å². The summed E-state index contributed by atoms with van der Waals surface area (Å²) in [5.41, 5.74) is 0.511. The molecule has 0 radical (unpaired) electrons. The topological polar surface area (TPSA) is 32.3 Å². The summed E-state index contributed by atoms with van der Waals surface area (Å²) < 4.78 is 13.2. The van der Waals surface area contributed by atoms with E-state index in [1.165, 1.54) is 12.1 Å². The molecule has 120 valence electrons. The molecule has 1 heterocycles. The lowest BCUT2D eigenvalue weighted by Gasteiger charge is -2.34. The van der Waals surface area contributed by atoms with E-state index in [0.717, 1.165) is 57.2 Å². The van der Waals surface area contributed by atoms with Crippen LogP contribution in [0, 0.1) is 5.82 Å². The van der Waals surface area contributed by atoms with Crippen LogP contribution in [0.2, 0.25) is 0 Å². The second kappa shape index (κ2) is 6.37. The van der Waals surface area contributed by atoms with Crippen molar-refractivity contribution in [2.24, 2.45) is 0 Å². The number of carbonyl (C=O) groups excluding carboxylic acids is 1. The van der Waals surface area contributed by atoms with Crippen LogP contribution in [0.5, 0.6) is 0 Å². The van der Waals surface area contributed by atoms with Gasteiger partial charge in [-0.3, -0.25) is 4.79 Å². The van der Waals surface area contributed by atoms with Gasteiger partial charge in [0.1, 0.15) is 5.82 Å². The highest BCUT2D eigenvalue weighted by Gasteiger charge is 2.43. The largest absolute Gasteiger partial charge is 0.351 e. The Kier molecular flexibility index (Phi) is 4.48. The fourth-order valence-corrected chi connectivity index (χ4v) is 4.00. The first-order chi connectivity index (χ1) is 10.6. The van der Waals surface area contributed by atoms with Gasteiger partial charge in [-0.25, -0.2) is 4.39 Å². The summed E-state index contributed by atoms with van der Waals surface area (Å²) in [6.07, 6.45) is 6.05. The number of likely N-dealkylation sites (tertiary alicyclic amines) is 1. The lowest BCUT2D eigenvalue weighted by Crippen LogP contribution is -2.52. The van der Waals surface area contributed by atoms with Gasteiger partial charge in [0.15, 0.2) is 0 Å². The highest BCUT2D eigenvalue weighted by Crippen LogP contribution is 2.41. The number of hydrogen-bond acceptors (Lipinski definition) is 2. The number of carbonyl (C=O) groups is 1. The summed E-state index contributed by atoms with van der Waals surface area (Å²) in [6.45, 7) is 2.03. The Labute approximate surface area is 131 Å². The maximum atomic E-state index is 13.2. The minimum absolute atomic E-state index is 0.136. The first-order valence-corrected chi connectivity index (χ1v) is 8.36. The number of benzene rings is 1. The fourth-order valence-electron chi connectivity index (χ4n) is 4.00. The standard InChI is InChI=1S/C18H25FN2O/c1-21-12-4-5-16(13-21)20-17(22)18(10-2-3-11-18)14-6-8-15(19)9-7-14/h6-9,16H,2-5,10-13H2,1H3,(H,20,22). The molecule has 4 heteroatoms. The molecule has 3 nitrogen and oxygen atoms in total. The Morgan fingerprint density at radius 1 is 1.23 bits per heavy atom. The van der Waals surface area contributed by atoms with E-state index in [1.54, 1.807) is 12.1 Å². The lowest BCUT2D eigenvalue weighted by molar-refractivity contribution is -0.127. The van der Waals surface area contributed by atoms with Crippen molar-refractivity contribution >= 4 is 5.91 Å². The minimum Gasteiger partial charge on any atom is -0.351 e. The van der Waals surface area contributed by atoms with Gasteiger partial charge < -0.3 is 10.2 Å². The number of amides is 1. The SMILES string of the molecule is CN1CCCC(NC(=O)C2(c3ccc(F)cc3)CCCC2)C1. The zero-order valence-electron chi connectivity index (χ0n) is 13.3. The van der Waals surface area contributed by atoms with E-state index in [1.807, 2.05) is 0 Å². The molecule has 1 atom stereocenters. The summed E-state index contributed by atoms with van der Waals surface area (Å²) in [6, 6.07) is 6.75. The van der Waals surface area contributed by atoms with Crippen molar-refractivity contribution in [2.45, 2.75) is 50.0 Å². The molecule has 1 aliphatic carbocycles. The molecular formula is C18H25FN2O. The second-order valence-electron chi connectivity index (χ2n) is 6.87. The molecule has 1 aromatic rings. The van der Waals surface area contributed by atoms with E-state index in [4.69, 9.17) is 0 Å². The highest BCUT2D eigenvalue weighted by molar-refractivity contribution is 5.88. The summed E-state index contributed by atoms with van der Waals surface area (Å²) in [5.74, 6) is -0.108. The summed E-state index contributed by atoms with van der Waals surface area (Å²) in [5, 5.41) is 3.27. The average molecular weight is 304 g/mol. The predicted octanol–water partition coefficient (Wildman–Crippen LogP) is 2.85. The van der Waals surface area contributed by atoms with Crippen LogP contribution in [-0.4, -0.2) is 37.0 Å². The molecule has 3 rings (SSSR count). The fraction of sp³-hybridized carbons (Fsp3) is 0.611. The molecule has 0 bridgehead atoms. The molecule has 1 amide bonds. The zero-order valence-corrected chi connectivity index (χ0v) is 13.3. The Bertz CT molecular complexity index is 522. The van der Waals surface area contributed by atoms with Crippen LogP contribution in [0.25, 0.3) is 0 Å². The molecule has 1 saturated heterocycles. The van der Waals surface area contributed by atoms with Crippen LogP contribution >= 0.6 is 0 Å². The second-order valence-corrected chi connectivity index (χ2v) is 6.87. The summed E-state index contributed by atoms with van der Waals surface area (Å²) in [7, 11) is 2.10. The molecule has 1 aliphatic heterocycles. The van der Waals surface area contributed by atoms with Crippen molar-refractivity contribution in [3.05, 3.63) is 35.6 Å². The van der Waals surface area contributed by atoms with Gasteiger partial charge >= 0.3 is 0 Å². The van der Waals surface area contributed by atoms with E-state index in [9.17, 15) is 9.18 Å². The van der Waals surface area contributed by atoms with Crippen LogP contribution in [-0.2, 0) is 10.2 Å². The Morgan fingerprint density at radius 3 is 2.55 bits per heavy atom. The van der Waals surface area contributed by atoms with E-state index in [-0.39, 0.29) is 17.8 Å². The lowest BCUT2D eigenvalue weighted by atomic mass is 9.77.